The van der Waals surface area contributed by atoms with Gasteiger partial charge >= 0.3 is 5.69 Å². The summed E-state index contributed by atoms with van der Waals surface area (Å²) in [5.41, 5.74) is 1.32. The zero-order chi connectivity index (χ0) is 13.3. The highest BCUT2D eigenvalue weighted by atomic mass is 16.6. The molecule has 0 aliphatic rings. The summed E-state index contributed by atoms with van der Waals surface area (Å²) in [5, 5.41) is 24.7. The molecule has 0 aliphatic heterocycles. The van der Waals surface area contributed by atoms with Crippen LogP contribution >= 0.6 is 0 Å². The molecule has 2 aromatic heterocycles. The molecule has 2 aromatic rings. The van der Waals surface area contributed by atoms with Crippen LogP contribution < -0.4 is 5.32 Å². The Bertz CT molecular complexity index is 559. The van der Waals surface area contributed by atoms with Gasteiger partial charge in [0.2, 0.25) is 5.82 Å². The molecule has 0 fully saturated rings. The van der Waals surface area contributed by atoms with E-state index < -0.39 is 4.92 Å². The van der Waals surface area contributed by atoms with E-state index in [1.165, 1.54) is 4.68 Å². The SMILES string of the molecule is Cc1nn(C)c(NC(C)c2cn[nH]c2)c1[N+](=O)[O-]. The van der Waals surface area contributed by atoms with Crippen LogP contribution in [0, 0.1) is 17.0 Å². The van der Waals surface area contributed by atoms with E-state index in [9.17, 15) is 10.1 Å². The molecule has 0 bridgehead atoms. The first-order valence-electron chi connectivity index (χ1n) is 5.44. The lowest BCUT2D eigenvalue weighted by atomic mass is 10.2. The Morgan fingerprint density at radius 1 is 1.61 bits per heavy atom. The van der Waals surface area contributed by atoms with Gasteiger partial charge in [-0.15, -0.1) is 0 Å². The summed E-state index contributed by atoms with van der Waals surface area (Å²) in [4.78, 5) is 10.6. The van der Waals surface area contributed by atoms with Crippen molar-refractivity contribution in [2.45, 2.75) is 19.9 Å². The molecule has 8 heteroatoms. The second-order valence-corrected chi connectivity index (χ2v) is 4.06. The minimum atomic E-state index is -0.424. The van der Waals surface area contributed by atoms with Crippen molar-refractivity contribution >= 4 is 11.5 Å². The summed E-state index contributed by atoms with van der Waals surface area (Å²) in [6.07, 6.45) is 3.42. The Morgan fingerprint density at radius 2 is 2.33 bits per heavy atom. The number of nitrogens with one attached hydrogen (secondary N) is 2. The van der Waals surface area contributed by atoms with Gasteiger partial charge in [-0.1, -0.05) is 0 Å². The van der Waals surface area contributed by atoms with Crippen LogP contribution in [0.15, 0.2) is 12.4 Å². The van der Waals surface area contributed by atoms with Gasteiger partial charge in [0, 0.05) is 18.8 Å². The fourth-order valence-corrected chi connectivity index (χ4v) is 1.81. The van der Waals surface area contributed by atoms with Crippen LogP contribution in [0.2, 0.25) is 0 Å². The first kappa shape index (κ1) is 12.1. The average Bonchev–Trinajstić information content (AvgIpc) is 2.87. The zero-order valence-electron chi connectivity index (χ0n) is 10.3. The van der Waals surface area contributed by atoms with E-state index in [2.05, 4.69) is 20.6 Å². The zero-order valence-corrected chi connectivity index (χ0v) is 10.3. The number of rotatable bonds is 4. The molecule has 96 valence electrons. The molecule has 2 heterocycles. The number of H-pyrrole nitrogens is 1. The molecule has 1 unspecified atom stereocenters. The fourth-order valence-electron chi connectivity index (χ4n) is 1.81. The lowest BCUT2D eigenvalue weighted by Gasteiger charge is -2.12. The number of aromatic nitrogens is 4. The quantitative estimate of drug-likeness (QED) is 0.633. The maximum atomic E-state index is 11.0. The highest BCUT2D eigenvalue weighted by molar-refractivity contribution is 5.60. The summed E-state index contributed by atoms with van der Waals surface area (Å²) < 4.78 is 1.48. The van der Waals surface area contributed by atoms with Gasteiger partial charge in [0.15, 0.2) is 0 Å². The normalized spacial score (nSPS) is 12.4. The van der Waals surface area contributed by atoms with Crippen LogP contribution in [-0.2, 0) is 7.05 Å². The minimum Gasteiger partial charge on any atom is -0.358 e. The van der Waals surface area contributed by atoms with Gasteiger partial charge in [0.1, 0.15) is 5.69 Å². The van der Waals surface area contributed by atoms with Gasteiger partial charge in [0.25, 0.3) is 0 Å². The van der Waals surface area contributed by atoms with E-state index in [0.717, 1.165) is 5.56 Å². The number of hydrogen-bond acceptors (Lipinski definition) is 5. The second kappa shape index (κ2) is 4.47. The van der Waals surface area contributed by atoms with Crippen LogP contribution in [0.3, 0.4) is 0 Å². The molecule has 18 heavy (non-hydrogen) atoms. The Hall–Kier alpha value is -2.38. The molecule has 0 radical (unpaired) electrons. The first-order valence-corrected chi connectivity index (χ1v) is 5.44. The van der Waals surface area contributed by atoms with Crippen molar-refractivity contribution in [3.63, 3.8) is 0 Å². The van der Waals surface area contributed by atoms with Crippen LogP contribution in [-0.4, -0.2) is 24.9 Å². The Kier molecular flexibility index (Phi) is 3.00. The van der Waals surface area contributed by atoms with E-state index in [4.69, 9.17) is 0 Å². The van der Waals surface area contributed by atoms with Gasteiger partial charge < -0.3 is 5.32 Å². The molecule has 1 atom stereocenters. The number of aryl methyl sites for hydroxylation is 2. The Labute approximate surface area is 103 Å². The third-order valence-electron chi connectivity index (χ3n) is 2.75. The van der Waals surface area contributed by atoms with E-state index >= 15 is 0 Å². The van der Waals surface area contributed by atoms with Crippen LogP contribution in [0.5, 0.6) is 0 Å². The van der Waals surface area contributed by atoms with E-state index in [-0.39, 0.29) is 11.7 Å². The Balaban J connectivity index is 2.31. The summed E-state index contributed by atoms with van der Waals surface area (Å²) in [6, 6.07) is -0.0998. The summed E-state index contributed by atoms with van der Waals surface area (Å²) in [5.74, 6) is 0.395. The number of nitro groups is 1. The van der Waals surface area contributed by atoms with Gasteiger partial charge in [0.05, 0.1) is 17.2 Å². The van der Waals surface area contributed by atoms with Crippen molar-refractivity contribution < 1.29 is 4.92 Å². The summed E-state index contributed by atoms with van der Waals surface area (Å²) in [6.45, 7) is 3.52. The van der Waals surface area contributed by atoms with Crippen LogP contribution in [0.1, 0.15) is 24.2 Å². The number of anilines is 1. The van der Waals surface area contributed by atoms with Crippen molar-refractivity contribution in [2.24, 2.45) is 7.05 Å². The summed E-state index contributed by atoms with van der Waals surface area (Å²) >= 11 is 0. The molecule has 0 saturated carbocycles. The van der Waals surface area contributed by atoms with E-state index in [0.29, 0.717) is 11.5 Å². The molecule has 8 nitrogen and oxygen atoms in total. The maximum absolute atomic E-state index is 11.0. The van der Waals surface area contributed by atoms with E-state index in [1.54, 1.807) is 26.4 Å². The van der Waals surface area contributed by atoms with Gasteiger partial charge in [-0.25, -0.2) is 4.68 Å². The van der Waals surface area contributed by atoms with Crippen molar-refractivity contribution in [1.82, 2.24) is 20.0 Å². The molecule has 2 N–H and O–H groups in total. The van der Waals surface area contributed by atoms with Crippen LogP contribution in [0.4, 0.5) is 11.5 Å². The van der Waals surface area contributed by atoms with Gasteiger partial charge in [-0.05, 0) is 13.8 Å². The van der Waals surface area contributed by atoms with Crippen LogP contribution in [0.25, 0.3) is 0 Å². The molecular formula is C10H14N6O2. The summed E-state index contributed by atoms with van der Waals surface area (Å²) in [7, 11) is 1.67. The lowest BCUT2D eigenvalue weighted by molar-refractivity contribution is -0.384. The number of nitrogens with zero attached hydrogens (tertiary/aromatic N) is 4. The number of hydrogen-bond donors (Lipinski definition) is 2. The second-order valence-electron chi connectivity index (χ2n) is 4.06. The average molecular weight is 250 g/mol. The molecular weight excluding hydrogens is 236 g/mol. The van der Waals surface area contributed by atoms with Crippen molar-refractivity contribution in [2.75, 3.05) is 5.32 Å². The third-order valence-corrected chi connectivity index (χ3v) is 2.75. The smallest absolute Gasteiger partial charge is 0.333 e. The molecule has 0 saturated heterocycles. The van der Waals surface area contributed by atoms with Crippen molar-refractivity contribution in [1.29, 1.82) is 0 Å². The van der Waals surface area contributed by atoms with E-state index in [1.807, 2.05) is 6.92 Å². The van der Waals surface area contributed by atoms with Gasteiger partial charge in [-0.2, -0.15) is 10.2 Å². The highest BCUT2D eigenvalue weighted by Gasteiger charge is 2.25. The fraction of sp³-hybridized carbons (Fsp3) is 0.400. The molecule has 2 rings (SSSR count). The predicted molar refractivity (Wildman–Crippen MR) is 65.2 cm³/mol. The van der Waals surface area contributed by atoms with Crippen molar-refractivity contribution in [3.05, 3.63) is 33.8 Å². The molecule has 0 aromatic carbocycles. The largest absolute Gasteiger partial charge is 0.358 e. The standard InChI is InChI=1S/C10H14N6O2/c1-6(8-4-11-12-5-8)13-10-9(16(17)18)7(2)14-15(10)3/h4-6,13H,1-3H3,(H,11,12). The van der Waals surface area contributed by atoms with Gasteiger partial charge in [-0.3, -0.25) is 15.2 Å². The maximum Gasteiger partial charge on any atom is 0.333 e. The monoisotopic (exact) mass is 250 g/mol. The minimum absolute atomic E-state index is 0.00726. The predicted octanol–water partition coefficient (Wildman–Crippen LogP) is 1.53. The third kappa shape index (κ3) is 2.04. The number of aromatic amines is 1. The molecule has 0 spiro atoms. The Morgan fingerprint density at radius 3 is 2.89 bits per heavy atom. The lowest BCUT2D eigenvalue weighted by Crippen LogP contribution is -2.10. The first-order chi connectivity index (χ1) is 8.50. The highest BCUT2D eigenvalue weighted by Crippen LogP contribution is 2.30. The molecule has 0 amide bonds. The van der Waals surface area contributed by atoms with Crippen molar-refractivity contribution in [3.8, 4) is 0 Å². The topological polar surface area (TPSA) is 102 Å². The molecule has 0 aliphatic carbocycles.